The van der Waals surface area contributed by atoms with Gasteiger partial charge >= 0.3 is 18.3 Å². The number of halogens is 8. The predicted molar refractivity (Wildman–Crippen MR) is 171 cm³/mol. The van der Waals surface area contributed by atoms with Gasteiger partial charge < -0.3 is 29.5 Å². The Morgan fingerprint density at radius 2 is 1.39 bits per heavy atom. The first-order valence-electron chi connectivity index (χ1n) is 15.2. The van der Waals surface area contributed by atoms with E-state index in [0.717, 1.165) is 5.56 Å². The van der Waals surface area contributed by atoms with E-state index in [0.29, 0.717) is 52.2 Å². The Balaban J connectivity index is 1.68. The minimum absolute atomic E-state index is 0.142. The molecule has 1 amide bonds. The highest BCUT2D eigenvalue weighted by Crippen LogP contribution is 2.43. The fourth-order valence-corrected chi connectivity index (χ4v) is 5.59. The molecular weight excluding hydrogens is 696 g/mol. The first kappa shape index (κ1) is 38.7. The molecule has 0 bridgehead atoms. The van der Waals surface area contributed by atoms with E-state index in [9.17, 15) is 41.0 Å². The van der Waals surface area contributed by atoms with E-state index in [1.807, 2.05) is 12.2 Å². The van der Waals surface area contributed by atoms with Crippen molar-refractivity contribution in [3.05, 3.63) is 89.0 Å². The van der Waals surface area contributed by atoms with E-state index in [4.69, 9.17) is 14.2 Å². The standard InChI is InChI=1S/C35H32F8N2O6/c1-4-51-16-19-11-28(49-2)30(29(12-19)50-3)24-10-6-8-22-20(7-5-9-23(22)24)13-27(33(47)48)44-32(46)31-25(36)14-21(15-26(31)37)45(17-34(38,39)40)18-35(41,42)43/h5-12,14-15,27H,4,13,16-18H2,1-3H3,(H,44,46)(H,47,48)/t27-/m0/s1. The Hall–Kier alpha value is -5.12. The highest BCUT2D eigenvalue weighted by molar-refractivity contribution is 6.02. The second kappa shape index (κ2) is 15.8. The van der Waals surface area contributed by atoms with Gasteiger partial charge in [-0.1, -0.05) is 36.4 Å². The first-order valence-corrected chi connectivity index (χ1v) is 15.2. The Labute approximate surface area is 286 Å². The monoisotopic (exact) mass is 728 g/mol. The van der Waals surface area contributed by atoms with Crippen molar-refractivity contribution < 1.29 is 64.0 Å². The molecule has 0 saturated heterocycles. The average Bonchev–Trinajstić information content (AvgIpc) is 3.04. The third kappa shape index (κ3) is 9.57. The number of amides is 1. The van der Waals surface area contributed by atoms with Crippen molar-refractivity contribution in [1.29, 1.82) is 0 Å². The minimum atomic E-state index is -5.17. The molecule has 0 saturated carbocycles. The van der Waals surface area contributed by atoms with Gasteiger partial charge in [-0.3, -0.25) is 4.79 Å². The molecule has 1 atom stereocenters. The second-order valence-corrected chi connectivity index (χ2v) is 11.3. The van der Waals surface area contributed by atoms with Crippen LogP contribution in [0.3, 0.4) is 0 Å². The maximum absolute atomic E-state index is 15.0. The van der Waals surface area contributed by atoms with Gasteiger partial charge in [0.1, 0.15) is 47.8 Å². The van der Waals surface area contributed by atoms with Gasteiger partial charge in [-0.2, -0.15) is 26.3 Å². The minimum Gasteiger partial charge on any atom is -0.496 e. The summed E-state index contributed by atoms with van der Waals surface area (Å²) in [6, 6.07) is 12.3. The number of fused-ring (bicyclic) bond motifs is 1. The lowest BCUT2D eigenvalue weighted by Gasteiger charge is -2.27. The maximum Gasteiger partial charge on any atom is 0.405 e. The van der Waals surface area contributed by atoms with E-state index in [1.54, 1.807) is 48.5 Å². The van der Waals surface area contributed by atoms with Crippen LogP contribution in [0.5, 0.6) is 11.5 Å². The molecule has 0 aliphatic rings. The molecule has 0 unspecified atom stereocenters. The summed E-state index contributed by atoms with van der Waals surface area (Å²) < 4.78 is 125. The van der Waals surface area contributed by atoms with Gasteiger partial charge in [0.15, 0.2) is 0 Å². The number of carboxylic acids is 1. The quantitative estimate of drug-likeness (QED) is 0.129. The number of anilines is 1. The highest BCUT2D eigenvalue weighted by Gasteiger charge is 2.38. The van der Waals surface area contributed by atoms with Gasteiger partial charge in [0.05, 0.1) is 26.4 Å². The van der Waals surface area contributed by atoms with Crippen molar-refractivity contribution in [2.45, 2.75) is 38.3 Å². The summed E-state index contributed by atoms with van der Waals surface area (Å²) in [7, 11) is 2.97. The number of ether oxygens (including phenoxy) is 3. The third-order valence-corrected chi connectivity index (χ3v) is 7.71. The fourth-order valence-electron chi connectivity index (χ4n) is 5.59. The largest absolute Gasteiger partial charge is 0.496 e. The van der Waals surface area contributed by atoms with Crippen LogP contribution < -0.4 is 19.7 Å². The number of benzene rings is 4. The predicted octanol–water partition coefficient (Wildman–Crippen LogP) is 7.70. The van der Waals surface area contributed by atoms with Crippen molar-refractivity contribution >= 4 is 28.3 Å². The van der Waals surface area contributed by atoms with Gasteiger partial charge in [-0.05, 0) is 58.7 Å². The summed E-state index contributed by atoms with van der Waals surface area (Å²) in [4.78, 5) is 24.9. The number of aliphatic carboxylic acids is 1. The average molecular weight is 729 g/mol. The summed E-state index contributed by atoms with van der Waals surface area (Å²) in [5.74, 6) is -5.86. The summed E-state index contributed by atoms with van der Waals surface area (Å²) in [6.07, 6.45) is -10.7. The first-order chi connectivity index (χ1) is 24.0. The van der Waals surface area contributed by atoms with E-state index in [2.05, 4.69) is 0 Å². The second-order valence-electron chi connectivity index (χ2n) is 11.3. The molecule has 51 heavy (non-hydrogen) atoms. The molecule has 0 aliphatic heterocycles. The lowest BCUT2D eigenvalue weighted by atomic mass is 9.92. The van der Waals surface area contributed by atoms with Crippen LogP contribution >= 0.6 is 0 Å². The van der Waals surface area contributed by atoms with Crippen LogP contribution in [0.2, 0.25) is 0 Å². The van der Waals surface area contributed by atoms with Crippen molar-refractivity contribution in [1.82, 2.24) is 5.32 Å². The SMILES string of the molecule is CCOCc1cc(OC)c(-c2cccc3c(C[C@H](NC(=O)c4c(F)cc(N(CC(F)(F)F)CC(F)(F)F)cc4F)C(=O)O)cccc23)c(OC)c1. The molecule has 4 aromatic rings. The van der Waals surface area contributed by atoms with E-state index in [-0.39, 0.29) is 17.0 Å². The van der Waals surface area contributed by atoms with Crippen LogP contribution in [-0.4, -0.2) is 69.3 Å². The molecule has 0 aromatic heterocycles. The van der Waals surface area contributed by atoms with Crippen molar-refractivity contribution in [2.75, 3.05) is 38.8 Å². The highest BCUT2D eigenvalue weighted by atomic mass is 19.4. The lowest BCUT2D eigenvalue weighted by molar-refractivity contribution is -0.139. The molecule has 4 aromatic carbocycles. The molecule has 4 rings (SSSR count). The zero-order valence-electron chi connectivity index (χ0n) is 27.3. The van der Waals surface area contributed by atoms with Crippen LogP contribution in [0.1, 0.15) is 28.4 Å². The third-order valence-electron chi connectivity index (χ3n) is 7.71. The fraction of sp³-hybridized carbons (Fsp3) is 0.314. The normalized spacial score (nSPS) is 12.5. The van der Waals surface area contributed by atoms with Crippen molar-refractivity contribution in [2.24, 2.45) is 0 Å². The van der Waals surface area contributed by atoms with Gasteiger partial charge in [-0.25, -0.2) is 13.6 Å². The Bertz CT molecular complexity index is 1830. The zero-order chi connectivity index (χ0) is 37.7. The topological polar surface area (TPSA) is 97.3 Å². The van der Waals surface area contributed by atoms with Crippen LogP contribution in [0.4, 0.5) is 40.8 Å². The Morgan fingerprint density at radius 3 is 1.90 bits per heavy atom. The number of carbonyl (C=O) groups is 2. The number of hydrogen-bond acceptors (Lipinski definition) is 6. The van der Waals surface area contributed by atoms with Crippen LogP contribution in [0.15, 0.2) is 60.7 Å². The number of hydrogen-bond donors (Lipinski definition) is 2. The molecule has 0 radical (unpaired) electrons. The summed E-state index contributed by atoms with van der Waals surface area (Å²) in [6.45, 7) is -1.74. The van der Waals surface area contributed by atoms with E-state index >= 15 is 8.78 Å². The van der Waals surface area contributed by atoms with Crippen LogP contribution in [0.25, 0.3) is 21.9 Å². The summed E-state index contributed by atoms with van der Waals surface area (Å²) in [5.41, 5.74) is -0.0939. The van der Waals surface area contributed by atoms with Gasteiger partial charge in [0.2, 0.25) is 0 Å². The Morgan fingerprint density at radius 1 is 0.843 bits per heavy atom. The van der Waals surface area contributed by atoms with Crippen LogP contribution in [0, 0.1) is 11.6 Å². The molecule has 274 valence electrons. The number of methoxy groups -OCH3 is 2. The number of carboxylic acid groups (broad SMARTS) is 1. The smallest absolute Gasteiger partial charge is 0.405 e. The summed E-state index contributed by atoms with van der Waals surface area (Å²) >= 11 is 0. The molecular formula is C35H32F8N2O6. The molecule has 2 N–H and O–H groups in total. The molecule has 0 aliphatic carbocycles. The number of nitrogens with zero attached hydrogens (tertiary/aromatic N) is 1. The maximum atomic E-state index is 15.0. The summed E-state index contributed by atoms with van der Waals surface area (Å²) in [5, 5.41) is 13.2. The number of alkyl halides is 6. The van der Waals surface area contributed by atoms with Crippen LogP contribution in [-0.2, 0) is 22.6 Å². The van der Waals surface area contributed by atoms with E-state index < -0.39 is 72.7 Å². The van der Waals surface area contributed by atoms with Crippen molar-refractivity contribution in [3.8, 4) is 22.6 Å². The van der Waals surface area contributed by atoms with Gasteiger partial charge in [-0.15, -0.1) is 0 Å². The van der Waals surface area contributed by atoms with Gasteiger partial charge in [0.25, 0.3) is 5.91 Å². The number of carbonyl (C=O) groups excluding carboxylic acids is 1. The van der Waals surface area contributed by atoms with E-state index in [1.165, 1.54) is 14.2 Å². The number of rotatable bonds is 14. The molecule has 0 heterocycles. The van der Waals surface area contributed by atoms with Crippen molar-refractivity contribution in [3.63, 3.8) is 0 Å². The van der Waals surface area contributed by atoms with Gasteiger partial charge in [0, 0.05) is 18.7 Å². The molecule has 16 heteroatoms. The Kier molecular flexibility index (Phi) is 12.0. The number of nitrogens with one attached hydrogen (secondary N) is 1. The lowest BCUT2D eigenvalue weighted by Crippen LogP contribution is -2.43. The zero-order valence-corrected chi connectivity index (χ0v) is 27.3. The molecule has 0 fully saturated rings. The molecule has 0 spiro atoms. The molecule has 8 nitrogen and oxygen atoms in total.